The Morgan fingerprint density at radius 2 is 1.06 bits per heavy atom. The smallest absolute Gasteiger partial charge is 0.387 e. The van der Waals surface area contributed by atoms with Crippen molar-refractivity contribution in [3.8, 4) is 11.5 Å². The topological polar surface area (TPSA) is 76.0 Å². The molecule has 0 aliphatic carbocycles. The average molecular weight is 719 g/mol. The van der Waals surface area contributed by atoms with Crippen LogP contribution >= 0.6 is 23.5 Å². The molecule has 0 saturated carbocycles. The van der Waals surface area contributed by atoms with Gasteiger partial charge in [0.25, 0.3) is 0 Å². The van der Waals surface area contributed by atoms with Crippen LogP contribution in [0, 0.1) is 23.3 Å². The first kappa shape index (κ1) is 37.0. The summed E-state index contributed by atoms with van der Waals surface area (Å²) in [6.07, 6.45) is -1.84. The van der Waals surface area contributed by atoms with Gasteiger partial charge in [0.1, 0.15) is 51.1 Å². The number of ketones is 1. The molecule has 0 radical (unpaired) electrons. The fourth-order valence-corrected chi connectivity index (χ4v) is 8.03. The quantitative estimate of drug-likeness (QED) is 0.125. The van der Waals surface area contributed by atoms with Gasteiger partial charge in [-0.1, -0.05) is 24.3 Å². The molecule has 1 saturated heterocycles. The lowest BCUT2D eigenvalue weighted by Gasteiger charge is -2.40. The van der Waals surface area contributed by atoms with Crippen molar-refractivity contribution >= 4 is 29.3 Å². The highest BCUT2D eigenvalue weighted by molar-refractivity contribution is 8.18. The summed E-state index contributed by atoms with van der Waals surface area (Å²) in [5, 5.41) is 20.9. The largest absolute Gasteiger partial charge is 0.435 e. The molecule has 5 nitrogen and oxygen atoms in total. The number of thioether (sulfide) groups is 2. The zero-order chi connectivity index (χ0) is 35.0. The van der Waals surface area contributed by atoms with Crippen molar-refractivity contribution in [3.05, 3.63) is 130 Å². The highest BCUT2D eigenvalue weighted by Crippen LogP contribution is 2.57. The predicted octanol–water partition coefficient (Wildman–Crippen LogP) is 8.81. The summed E-state index contributed by atoms with van der Waals surface area (Å²) in [6.45, 7) is -5.93. The average Bonchev–Trinajstić information content (AvgIpc) is 3.03. The lowest BCUT2D eigenvalue weighted by atomic mass is 9.99. The summed E-state index contributed by atoms with van der Waals surface area (Å²) in [4.78, 5) is 12.0. The summed E-state index contributed by atoms with van der Waals surface area (Å²) < 4.78 is 110. The third kappa shape index (κ3) is 9.65. The van der Waals surface area contributed by atoms with Crippen LogP contribution in [0.25, 0.3) is 0 Å². The monoisotopic (exact) mass is 718 g/mol. The molecular formula is C33H26F8O5S2. The number of aliphatic hydroxyl groups excluding tert-OH is 2. The summed E-state index contributed by atoms with van der Waals surface area (Å²) in [5.41, 5.74) is 0.553. The molecule has 2 unspecified atom stereocenters. The van der Waals surface area contributed by atoms with Crippen LogP contribution in [0.15, 0.2) is 84.9 Å². The van der Waals surface area contributed by atoms with Crippen LogP contribution < -0.4 is 9.47 Å². The molecule has 5 rings (SSSR count). The van der Waals surface area contributed by atoms with Gasteiger partial charge < -0.3 is 19.7 Å². The number of aliphatic hydroxyl groups is 2. The van der Waals surface area contributed by atoms with E-state index in [4.69, 9.17) is 0 Å². The van der Waals surface area contributed by atoms with E-state index in [-0.39, 0.29) is 22.6 Å². The van der Waals surface area contributed by atoms with Crippen LogP contribution in [-0.2, 0) is 4.08 Å². The minimum atomic E-state index is -2.99. The molecule has 4 aromatic carbocycles. The van der Waals surface area contributed by atoms with E-state index in [2.05, 4.69) is 9.47 Å². The van der Waals surface area contributed by atoms with E-state index in [1.54, 1.807) is 0 Å². The van der Waals surface area contributed by atoms with E-state index < -0.39 is 58.6 Å². The minimum Gasteiger partial charge on any atom is -0.435 e. The van der Waals surface area contributed by atoms with Crippen LogP contribution in [0.1, 0.15) is 45.7 Å². The molecule has 0 aromatic heterocycles. The fraction of sp³-hybridized carbons (Fsp3) is 0.242. The molecule has 0 amide bonds. The SMILES string of the molecule is O=C(c1cc(F)cc(F)c1)C(O)c1ccc(OC(F)F)cc1.OC(c1ccc(OC(F)F)cc1)C1(c2cc(F)cc(F)c2)SCCCS1. The van der Waals surface area contributed by atoms with Crippen molar-refractivity contribution in [2.75, 3.05) is 11.5 Å². The summed E-state index contributed by atoms with van der Waals surface area (Å²) in [5.74, 6) is -2.93. The minimum absolute atomic E-state index is 0.0225. The van der Waals surface area contributed by atoms with Gasteiger partial charge in [-0.3, -0.25) is 4.79 Å². The van der Waals surface area contributed by atoms with Crippen molar-refractivity contribution < 1.29 is 59.6 Å². The Morgan fingerprint density at radius 1 is 0.646 bits per heavy atom. The Balaban J connectivity index is 0.000000220. The highest BCUT2D eigenvalue weighted by atomic mass is 32.2. The third-order valence-corrected chi connectivity index (χ3v) is 10.3. The van der Waals surface area contributed by atoms with Crippen molar-refractivity contribution in [3.63, 3.8) is 0 Å². The molecule has 1 heterocycles. The molecule has 0 spiro atoms. The van der Waals surface area contributed by atoms with Gasteiger partial charge in [0, 0.05) is 17.7 Å². The lowest BCUT2D eigenvalue weighted by molar-refractivity contribution is -0.0505. The number of carbonyl (C=O) groups excluding carboxylic acids is 1. The standard InChI is InChI=1S/C18H16F4O2S2.C15H10F4O3/c19-13-8-12(9-14(20)10-13)18(25-6-1-7-26-18)16(23)11-2-4-15(5-3-11)24-17(21)22;16-10-5-9(6-11(17)7-10)14(21)13(20)8-1-3-12(4-2-8)22-15(18)19/h2-5,8-10,16-17,23H,1,6-7H2;1-7,13,15,20H. The molecule has 1 aliphatic heterocycles. The summed E-state index contributed by atoms with van der Waals surface area (Å²) >= 11 is 2.85. The van der Waals surface area contributed by atoms with E-state index in [1.807, 2.05) is 0 Å². The third-order valence-electron chi connectivity index (χ3n) is 6.78. The van der Waals surface area contributed by atoms with E-state index in [9.17, 15) is 50.1 Å². The fourth-order valence-electron chi connectivity index (χ4n) is 4.67. The van der Waals surface area contributed by atoms with Gasteiger partial charge in [0.05, 0.1) is 0 Å². The van der Waals surface area contributed by atoms with Crippen molar-refractivity contribution in [1.29, 1.82) is 0 Å². The number of Topliss-reactive ketones (excluding diaryl/α,β-unsaturated/α-hetero) is 1. The van der Waals surface area contributed by atoms with Crippen LogP contribution in [0.2, 0.25) is 0 Å². The molecular weight excluding hydrogens is 692 g/mol. The Bertz CT molecular complexity index is 1630. The van der Waals surface area contributed by atoms with Crippen LogP contribution in [0.4, 0.5) is 35.1 Å². The van der Waals surface area contributed by atoms with Crippen LogP contribution in [-0.4, -0.2) is 40.7 Å². The molecule has 1 aliphatic rings. The highest BCUT2D eigenvalue weighted by Gasteiger charge is 2.44. The lowest BCUT2D eigenvalue weighted by Crippen LogP contribution is -2.30. The van der Waals surface area contributed by atoms with Gasteiger partial charge in [-0.2, -0.15) is 17.6 Å². The van der Waals surface area contributed by atoms with Gasteiger partial charge >= 0.3 is 13.2 Å². The number of alkyl halides is 4. The number of hydrogen-bond acceptors (Lipinski definition) is 7. The first-order valence-electron chi connectivity index (χ1n) is 14.0. The maximum absolute atomic E-state index is 13.8. The van der Waals surface area contributed by atoms with Gasteiger partial charge in [0.2, 0.25) is 0 Å². The van der Waals surface area contributed by atoms with Gasteiger partial charge in [-0.15, -0.1) is 23.5 Å². The predicted molar refractivity (Wildman–Crippen MR) is 164 cm³/mol. The van der Waals surface area contributed by atoms with Crippen LogP contribution in [0.5, 0.6) is 11.5 Å². The molecule has 256 valence electrons. The number of ether oxygens (including phenoxy) is 2. The first-order valence-corrected chi connectivity index (χ1v) is 15.9. The van der Waals surface area contributed by atoms with Gasteiger partial charge in [-0.25, -0.2) is 17.6 Å². The summed E-state index contributed by atoms with van der Waals surface area (Å²) in [7, 11) is 0. The molecule has 1 fully saturated rings. The normalized spacial score (nSPS) is 15.3. The number of halogens is 8. The van der Waals surface area contributed by atoms with Crippen LogP contribution in [0.3, 0.4) is 0 Å². The van der Waals surface area contributed by atoms with E-state index >= 15 is 0 Å². The molecule has 2 atom stereocenters. The second-order valence-corrected chi connectivity index (χ2v) is 13.0. The molecule has 15 heteroatoms. The van der Waals surface area contributed by atoms with Crippen molar-refractivity contribution in [2.24, 2.45) is 0 Å². The van der Waals surface area contributed by atoms with Gasteiger partial charge in [-0.05, 0) is 83.1 Å². The van der Waals surface area contributed by atoms with E-state index in [0.29, 0.717) is 17.2 Å². The second-order valence-electron chi connectivity index (χ2n) is 10.1. The second kappa shape index (κ2) is 16.5. The molecule has 0 bridgehead atoms. The Hall–Kier alpha value is -3.79. The molecule has 4 aromatic rings. The summed E-state index contributed by atoms with van der Waals surface area (Å²) in [6, 6.07) is 15.8. The van der Waals surface area contributed by atoms with Crippen molar-refractivity contribution in [1.82, 2.24) is 0 Å². The number of hydrogen-bond donors (Lipinski definition) is 2. The maximum Gasteiger partial charge on any atom is 0.387 e. The van der Waals surface area contributed by atoms with E-state index in [0.717, 1.165) is 48.3 Å². The first-order chi connectivity index (χ1) is 22.8. The zero-order valence-corrected chi connectivity index (χ0v) is 26.1. The Morgan fingerprint density at radius 3 is 1.50 bits per heavy atom. The number of rotatable bonds is 10. The Labute approximate surface area is 277 Å². The Kier molecular flexibility index (Phi) is 12.8. The molecule has 48 heavy (non-hydrogen) atoms. The number of carbonyl (C=O) groups is 1. The molecule has 2 N–H and O–H groups in total. The van der Waals surface area contributed by atoms with E-state index in [1.165, 1.54) is 72.1 Å². The van der Waals surface area contributed by atoms with Gasteiger partial charge in [0.15, 0.2) is 5.78 Å². The van der Waals surface area contributed by atoms with Crippen molar-refractivity contribution in [2.45, 2.75) is 35.9 Å². The number of benzene rings is 4. The maximum atomic E-state index is 13.8. The zero-order valence-electron chi connectivity index (χ0n) is 24.5.